The van der Waals surface area contributed by atoms with Crippen molar-refractivity contribution in [1.82, 2.24) is 4.98 Å². The zero-order valence-electron chi connectivity index (χ0n) is 13.1. The molecule has 0 spiro atoms. The van der Waals surface area contributed by atoms with E-state index in [9.17, 15) is 13.2 Å². The molecule has 23 heavy (non-hydrogen) atoms. The van der Waals surface area contributed by atoms with Crippen molar-refractivity contribution in [2.24, 2.45) is 5.41 Å². The minimum atomic E-state index is -4.47. The molecular weight excluding hydrogens is 325 g/mol. The van der Waals surface area contributed by atoms with Crippen LogP contribution in [0, 0.1) is 5.41 Å². The monoisotopic (exact) mass is 342 g/mol. The molecule has 6 heteroatoms. The Labute approximate surface area is 138 Å². The minimum Gasteiger partial charge on any atom is -0.384 e. The van der Waals surface area contributed by atoms with Gasteiger partial charge in [-0.1, -0.05) is 38.4 Å². The summed E-state index contributed by atoms with van der Waals surface area (Å²) in [5, 5.41) is 3.69. The molecule has 124 valence electrons. The van der Waals surface area contributed by atoms with Crippen LogP contribution in [0.5, 0.6) is 0 Å². The van der Waals surface area contributed by atoms with E-state index in [1.54, 1.807) is 18.2 Å². The van der Waals surface area contributed by atoms with Crippen molar-refractivity contribution in [3.8, 4) is 11.3 Å². The SMILES string of the molecule is CC(C)(C)CNc1cc(Cl)cc(-c2cccc(C(F)(F)F)n2)c1. The van der Waals surface area contributed by atoms with Crippen molar-refractivity contribution in [3.63, 3.8) is 0 Å². The number of halogens is 4. The third-order valence-electron chi connectivity index (χ3n) is 3.06. The molecule has 0 saturated heterocycles. The Balaban J connectivity index is 2.35. The lowest BCUT2D eigenvalue weighted by atomic mass is 9.97. The van der Waals surface area contributed by atoms with Gasteiger partial charge in [-0.15, -0.1) is 0 Å². The molecule has 0 atom stereocenters. The molecule has 0 aliphatic carbocycles. The third-order valence-corrected chi connectivity index (χ3v) is 3.27. The first-order chi connectivity index (χ1) is 10.5. The van der Waals surface area contributed by atoms with Gasteiger partial charge in [-0.05, 0) is 35.7 Å². The van der Waals surface area contributed by atoms with Crippen LogP contribution in [-0.2, 0) is 6.18 Å². The maximum atomic E-state index is 12.8. The third kappa shape index (κ3) is 5.13. The molecule has 0 unspecified atom stereocenters. The first kappa shape index (κ1) is 17.6. The van der Waals surface area contributed by atoms with Gasteiger partial charge in [0, 0.05) is 22.8 Å². The Morgan fingerprint density at radius 3 is 2.39 bits per heavy atom. The lowest BCUT2D eigenvalue weighted by Crippen LogP contribution is -2.19. The summed E-state index contributed by atoms with van der Waals surface area (Å²) in [5.74, 6) is 0. The van der Waals surface area contributed by atoms with Crippen LogP contribution in [0.1, 0.15) is 26.5 Å². The number of alkyl halides is 3. The molecule has 0 aliphatic rings. The minimum absolute atomic E-state index is 0.0664. The summed E-state index contributed by atoms with van der Waals surface area (Å²) in [5.41, 5.74) is 0.679. The number of pyridine rings is 1. The number of nitrogens with one attached hydrogen (secondary N) is 1. The van der Waals surface area contributed by atoms with Gasteiger partial charge in [0.1, 0.15) is 5.69 Å². The van der Waals surface area contributed by atoms with E-state index in [0.717, 1.165) is 11.8 Å². The molecule has 2 aromatic rings. The summed E-state index contributed by atoms with van der Waals surface area (Å²) in [6.45, 7) is 6.96. The van der Waals surface area contributed by atoms with E-state index >= 15 is 0 Å². The Morgan fingerprint density at radius 2 is 1.78 bits per heavy atom. The fraction of sp³-hybridized carbons (Fsp3) is 0.353. The van der Waals surface area contributed by atoms with Gasteiger partial charge < -0.3 is 5.32 Å². The highest BCUT2D eigenvalue weighted by Crippen LogP contribution is 2.31. The van der Waals surface area contributed by atoms with E-state index < -0.39 is 11.9 Å². The smallest absolute Gasteiger partial charge is 0.384 e. The normalized spacial score (nSPS) is 12.3. The van der Waals surface area contributed by atoms with Crippen LogP contribution in [0.4, 0.5) is 18.9 Å². The second-order valence-electron chi connectivity index (χ2n) is 6.55. The van der Waals surface area contributed by atoms with Crippen LogP contribution in [0.3, 0.4) is 0 Å². The van der Waals surface area contributed by atoms with Gasteiger partial charge >= 0.3 is 6.18 Å². The number of rotatable bonds is 3. The van der Waals surface area contributed by atoms with Crippen molar-refractivity contribution in [3.05, 3.63) is 47.1 Å². The molecule has 1 aromatic carbocycles. The van der Waals surface area contributed by atoms with E-state index in [1.165, 1.54) is 12.1 Å². The van der Waals surface area contributed by atoms with Gasteiger partial charge in [0.2, 0.25) is 0 Å². The number of nitrogens with zero attached hydrogens (tertiary/aromatic N) is 1. The van der Waals surface area contributed by atoms with Crippen LogP contribution in [0.25, 0.3) is 11.3 Å². The summed E-state index contributed by atoms with van der Waals surface area (Å²) in [4.78, 5) is 3.69. The topological polar surface area (TPSA) is 24.9 Å². The second-order valence-corrected chi connectivity index (χ2v) is 6.99. The molecule has 0 amide bonds. The van der Waals surface area contributed by atoms with E-state index in [0.29, 0.717) is 17.1 Å². The highest BCUT2D eigenvalue weighted by Gasteiger charge is 2.32. The largest absolute Gasteiger partial charge is 0.433 e. The molecule has 0 fully saturated rings. The van der Waals surface area contributed by atoms with Crippen LogP contribution in [-0.4, -0.2) is 11.5 Å². The summed E-state index contributed by atoms with van der Waals surface area (Å²) in [6.07, 6.45) is -4.47. The van der Waals surface area contributed by atoms with Crippen molar-refractivity contribution in [2.45, 2.75) is 26.9 Å². The summed E-state index contributed by atoms with van der Waals surface area (Å²) in [7, 11) is 0. The highest BCUT2D eigenvalue weighted by molar-refractivity contribution is 6.31. The Hall–Kier alpha value is -1.75. The summed E-state index contributed by atoms with van der Waals surface area (Å²) >= 11 is 6.09. The maximum Gasteiger partial charge on any atom is 0.433 e. The average Bonchev–Trinajstić information content (AvgIpc) is 2.43. The van der Waals surface area contributed by atoms with E-state index in [4.69, 9.17) is 11.6 Å². The van der Waals surface area contributed by atoms with Crippen molar-refractivity contribution in [1.29, 1.82) is 0 Å². The quantitative estimate of drug-likeness (QED) is 0.753. The number of hydrogen-bond acceptors (Lipinski definition) is 2. The van der Waals surface area contributed by atoms with Gasteiger partial charge in [0.15, 0.2) is 0 Å². The van der Waals surface area contributed by atoms with Gasteiger partial charge in [-0.2, -0.15) is 13.2 Å². The maximum absolute atomic E-state index is 12.8. The summed E-state index contributed by atoms with van der Waals surface area (Å²) in [6, 6.07) is 8.92. The molecular formula is C17H18ClF3N2. The molecule has 0 bridgehead atoms. The number of hydrogen-bond donors (Lipinski definition) is 1. The van der Waals surface area contributed by atoms with E-state index in [-0.39, 0.29) is 11.1 Å². The van der Waals surface area contributed by atoms with Crippen molar-refractivity contribution in [2.75, 3.05) is 11.9 Å². The lowest BCUT2D eigenvalue weighted by Gasteiger charge is -2.20. The molecule has 1 aromatic heterocycles. The fourth-order valence-electron chi connectivity index (χ4n) is 1.96. The number of anilines is 1. The molecule has 2 nitrogen and oxygen atoms in total. The van der Waals surface area contributed by atoms with E-state index in [2.05, 4.69) is 31.1 Å². The fourth-order valence-corrected chi connectivity index (χ4v) is 2.20. The number of aromatic nitrogens is 1. The predicted molar refractivity (Wildman–Crippen MR) is 87.6 cm³/mol. The zero-order valence-corrected chi connectivity index (χ0v) is 13.9. The zero-order chi connectivity index (χ0) is 17.3. The van der Waals surface area contributed by atoms with Gasteiger partial charge in [-0.25, -0.2) is 4.98 Å². The molecule has 0 radical (unpaired) electrons. The first-order valence-electron chi connectivity index (χ1n) is 7.14. The van der Waals surface area contributed by atoms with E-state index in [1.807, 2.05) is 0 Å². The Bertz CT molecular complexity index is 691. The molecule has 1 N–H and O–H groups in total. The van der Waals surface area contributed by atoms with Crippen LogP contribution in [0.15, 0.2) is 36.4 Å². The van der Waals surface area contributed by atoms with Crippen molar-refractivity contribution < 1.29 is 13.2 Å². The highest BCUT2D eigenvalue weighted by atomic mass is 35.5. The van der Waals surface area contributed by atoms with Crippen LogP contribution < -0.4 is 5.32 Å². The molecule has 1 heterocycles. The first-order valence-corrected chi connectivity index (χ1v) is 7.51. The standard InChI is InChI=1S/C17H18ClF3N2/c1-16(2,3)10-22-13-8-11(7-12(18)9-13)14-5-4-6-15(23-14)17(19,20)21/h4-9,22H,10H2,1-3H3. The van der Waals surface area contributed by atoms with Gasteiger partial charge in [0.05, 0.1) is 5.69 Å². The molecule has 0 saturated carbocycles. The van der Waals surface area contributed by atoms with Crippen LogP contribution >= 0.6 is 11.6 Å². The second kappa shape index (κ2) is 6.40. The summed E-state index contributed by atoms with van der Waals surface area (Å²) < 4.78 is 38.4. The van der Waals surface area contributed by atoms with Gasteiger partial charge in [-0.3, -0.25) is 0 Å². The molecule has 0 aliphatic heterocycles. The lowest BCUT2D eigenvalue weighted by molar-refractivity contribution is -0.141. The van der Waals surface area contributed by atoms with Gasteiger partial charge in [0.25, 0.3) is 0 Å². The molecule has 2 rings (SSSR count). The average molecular weight is 343 g/mol. The van der Waals surface area contributed by atoms with Crippen molar-refractivity contribution >= 4 is 17.3 Å². The number of benzene rings is 1. The Kier molecular flexibility index (Phi) is 4.90. The van der Waals surface area contributed by atoms with Crippen LogP contribution in [0.2, 0.25) is 5.02 Å². The predicted octanol–water partition coefficient (Wildman–Crippen LogP) is 5.88. The Morgan fingerprint density at radius 1 is 1.09 bits per heavy atom.